The third-order valence-electron chi connectivity index (χ3n) is 4.02. The minimum absolute atomic E-state index is 0.371. The number of hydrogen-bond acceptors (Lipinski definition) is 4. The predicted octanol–water partition coefficient (Wildman–Crippen LogP) is 4.15. The van der Waals surface area contributed by atoms with Gasteiger partial charge < -0.3 is 15.2 Å². The highest BCUT2D eigenvalue weighted by molar-refractivity contribution is 7.80. The van der Waals surface area contributed by atoms with E-state index in [0.29, 0.717) is 23.4 Å². The summed E-state index contributed by atoms with van der Waals surface area (Å²) in [6, 6.07) is 14.1. The van der Waals surface area contributed by atoms with Crippen molar-refractivity contribution in [3.05, 3.63) is 65.0 Å². The maximum absolute atomic E-state index is 5.32. The largest absolute Gasteiger partial charge is 0.353 e. The molecule has 25 heavy (non-hydrogen) atoms. The lowest BCUT2D eigenvalue weighted by Gasteiger charge is -2.10. The molecule has 0 bridgehead atoms. The molecule has 1 heterocycles. The molecular formula is C19H20N4OS. The Kier molecular flexibility index (Phi) is 5.09. The highest BCUT2D eigenvalue weighted by Gasteiger charge is 2.10. The van der Waals surface area contributed by atoms with Crippen LogP contribution in [0.15, 0.2) is 47.0 Å². The Labute approximate surface area is 152 Å². The molecule has 6 heteroatoms. The van der Waals surface area contributed by atoms with Gasteiger partial charge in [0.05, 0.1) is 6.54 Å². The summed E-state index contributed by atoms with van der Waals surface area (Å²) < 4.78 is 5.30. The average molecular weight is 352 g/mol. The Morgan fingerprint density at radius 1 is 1.04 bits per heavy atom. The van der Waals surface area contributed by atoms with Crippen molar-refractivity contribution >= 4 is 23.0 Å². The average Bonchev–Trinajstić information content (AvgIpc) is 3.05. The van der Waals surface area contributed by atoms with Gasteiger partial charge in [-0.3, -0.25) is 0 Å². The summed E-state index contributed by atoms with van der Waals surface area (Å²) in [6.45, 7) is 6.54. The van der Waals surface area contributed by atoms with E-state index in [0.717, 1.165) is 16.8 Å². The highest BCUT2D eigenvalue weighted by atomic mass is 32.1. The number of anilines is 1. The summed E-state index contributed by atoms with van der Waals surface area (Å²) in [4.78, 5) is 4.42. The van der Waals surface area contributed by atoms with Crippen LogP contribution in [0.1, 0.15) is 22.6 Å². The number of benzene rings is 2. The normalized spacial score (nSPS) is 10.5. The van der Waals surface area contributed by atoms with Crippen molar-refractivity contribution in [1.82, 2.24) is 15.5 Å². The Morgan fingerprint density at radius 2 is 1.84 bits per heavy atom. The van der Waals surface area contributed by atoms with Gasteiger partial charge in [0.2, 0.25) is 11.7 Å². The van der Waals surface area contributed by atoms with E-state index < -0.39 is 0 Å². The summed E-state index contributed by atoms with van der Waals surface area (Å²) in [5, 5.41) is 10.8. The molecule has 0 saturated carbocycles. The molecule has 0 fully saturated rings. The third-order valence-corrected chi connectivity index (χ3v) is 4.27. The standard InChI is InChI=1S/C19H20N4OS/c1-12-8-9-15(10-14(12)3)21-19(25)20-11-17-22-18(23-24-17)16-7-5-4-6-13(16)2/h4-10H,11H2,1-3H3,(H2,20,21,25). The smallest absolute Gasteiger partial charge is 0.246 e. The fourth-order valence-corrected chi connectivity index (χ4v) is 2.60. The monoisotopic (exact) mass is 352 g/mol. The molecule has 2 aromatic carbocycles. The van der Waals surface area contributed by atoms with Crippen molar-refractivity contribution in [2.24, 2.45) is 0 Å². The second-order valence-corrected chi connectivity index (χ2v) is 6.34. The van der Waals surface area contributed by atoms with Gasteiger partial charge >= 0.3 is 0 Å². The lowest BCUT2D eigenvalue weighted by atomic mass is 10.1. The van der Waals surface area contributed by atoms with Crippen molar-refractivity contribution in [2.45, 2.75) is 27.3 Å². The maximum atomic E-state index is 5.32. The number of nitrogens with one attached hydrogen (secondary N) is 2. The van der Waals surface area contributed by atoms with Gasteiger partial charge in [0.25, 0.3) is 0 Å². The first-order valence-corrected chi connectivity index (χ1v) is 8.44. The van der Waals surface area contributed by atoms with Crippen LogP contribution in [0.4, 0.5) is 5.69 Å². The van der Waals surface area contributed by atoms with Gasteiger partial charge in [-0.2, -0.15) is 4.98 Å². The second kappa shape index (κ2) is 7.44. The zero-order chi connectivity index (χ0) is 17.8. The zero-order valence-corrected chi connectivity index (χ0v) is 15.3. The topological polar surface area (TPSA) is 63.0 Å². The fraction of sp³-hybridized carbons (Fsp3) is 0.211. The fourth-order valence-electron chi connectivity index (χ4n) is 2.41. The van der Waals surface area contributed by atoms with E-state index in [1.807, 2.05) is 37.3 Å². The molecule has 128 valence electrons. The van der Waals surface area contributed by atoms with E-state index in [-0.39, 0.29) is 0 Å². The van der Waals surface area contributed by atoms with Gasteiger partial charge in [0.1, 0.15) is 0 Å². The van der Waals surface area contributed by atoms with Crippen molar-refractivity contribution in [3.63, 3.8) is 0 Å². The molecule has 2 N–H and O–H groups in total. The Morgan fingerprint density at radius 3 is 2.60 bits per heavy atom. The highest BCUT2D eigenvalue weighted by Crippen LogP contribution is 2.19. The van der Waals surface area contributed by atoms with Crippen LogP contribution in [-0.2, 0) is 6.54 Å². The van der Waals surface area contributed by atoms with Gasteiger partial charge in [0.15, 0.2) is 5.11 Å². The van der Waals surface area contributed by atoms with Crippen LogP contribution in [0.2, 0.25) is 0 Å². The van der Waals surface area contributed by atoms with Crippen LogP contribution in [0.5, 0.6) is 0 Å². The summed E-state index contributed by atoms with van der Waals surface area (Å²) in [7, 11) is 0. The molecular weight excluding hydrogens is 332 g/mol. The minimum Gasteiger partial charge on any atom is -0.353 e. The predicted molar refractivity (Wildman–Crippen MR) is 103 cm³/mol. The van der Waals surface area contributed by atoms with Crippen molar-refractivity contribution in [3.8, 4) is 11.4 Å². The van der Waals surface area contributed by atoms with Crippen LogP contribution in [0, 0.1) is 20.8 Å². The van der Waals surface area contributed by atoms with Gasteiger partial charge in [0, 0.05) is 11.3 Å². The van der Waals surface area contributed by atoms with E-state index in [1.54, 1.807) is 0 Å². The quantitative estimate of drug-likeness (QED) is 0.688. The molecule has 0 radical (unpaired) electrons. The number of nitrogens with zero attached hydrogens (tertiary/aromatic N) is 2. The first-order chi connectivity index (χ1) is 12.0. The molecule has 0 aliphatic heterocycles. The van der Waals surface area contributed by atoms with E-state index >= 15 is 0 Å². The molecule has 5 nitrogen and oxygen atoms in total. The van der Waals surface area contributed by atoms with Gasteiger partial charge in [-0.1, -0.05) is 35.5 Å². The van der Waals surface area contributed by atoms with E-state index in [9.17, 15) is 0 Å². The number of aryl methyl sites for hydroxylation is 3. The lowest BCUT2D eigenvalue weighted by Crippen LogP contribution is -2.28. The van der Waals surface area contributed by atoms with Crippen LogP contribution < -0.4 is 10.6 Å². The second-order valence-electron chi connectivity index (χ2n) is 5.93. The first kappa shape index (κ1) is 17.1. The van der Waals surface area contributed by atoms with Gasteiger partial charge in [-0.25, -0.2) is 0 Å². The van der Waals surface area contributed by atoms with E-state index in [2.05, 4.69) is 46.8 Å². The maximum Gasteiger partial charge on any atom is 0.246 e. The molecule has 0 amide bonds. The van der Waals surface area contributed by atoms with Crippen LogP contribution in [-0.4, -0.2) is 15.3 Å². The summed E-state index contributed by atoms with van der Waals surface area (Å²) in [5.74, 6) is 1.07. The summed E-state index contributed by atoms with van der Waals surface area (Å²) in [6.07, 6.45) is 0. The summed E-state index contributed by atoms with van der Waals surface area (Å²) >= 11 is 5.32. The third kappa shape index (κ3) is 4.22. The van der Waals surface area contributed by atoms with E-state index in [1.165, 1.54) is 11.1 Å². The molecule has 0 aliphatic rings. The molecule has 0 spiro atoms. The van der Waals surface area contributed by atoms with Crippen LogP contribution in [0.3, 0.4) is 0 Å². The van der Waals surface area contributed by atoms with Gasteiger partial charge in [-0.15, -0.1) is 0 Å². The molecule has 0 atom stereocenters. The number of thiocarbonyl (C=S) groups is 1. The lowest BCUT2D eigenvalue weighted by molar-refractivity contribution is 0.376. The summed E-state index contributed by atoms with van der Waals surface area (Å²) in [5.41, 5.74) is 5.49. The molecule has 3 aromatic rings. The number of rotatable bonds is 4. The molecule has 3 rings (SSSR count). The van der Waals surface area contributed by atoms with Crippen molar-refractivity contribution in [1.29, 1.82) is 0 Å². The molecule has 0 unspecified atom stereocenters. The van der Waals surface area contributed by atoms with E-state index in [4.69, 9.17) is 16.7 Å². The molecule has 0 aliphatic carbocycles. The number of hydrogen-bond donors (Lipinski definition) is 2. The molecule has 0 saturated heterocycles. The van der Waals surface area contributed by atoms with Crippen LogP contribution in [0.25, 0.3) is 11.4 Å². The Hall–Kier alpha value is -2.73. The first-order valence-electron chi connectivity index (χ1n) is 8.03. The van der Waals surface area contributed by atoms with Crippen molar-refractivity contribution in [2.75, 3.05) is 5.32 Å². The van der Waals surface area contributed by atoms with Gasteiger partial charge in [-0.05, 0) is 61.8 Å². The zero-order valence-electron chi connectivity index (χ0n) is 14.5. The molecule has 1 aromatic heterocycles. The van der Waals surface area contributed by atoms with Crippen molar-refractivity contribution < 1.29 is 4.52 Å². The van der Waals surface area contributed by atoms with Crippen LogP contribution >= 0.6 is 12.2 Å². The number of aromatic nitrogens is 2. The Balaban J connectivity index is 1.59. The SMILES string of the molecule is Cc1ccc(NC(=S)NCc2nc(-c3ccccc3C)no2)cc1C. The Bertz CT molecular complexity index is 904. The minimum atomic E-state index is 0.371.